The molecule has 0 bridgehead atoms. The lowest BCUT2D eigenvalue weighted by Crippen LogP contribution is -2.31. The molecule has 10 nitrogen and oxygen atoms in total. The summed E-state index contributed by atoms with van der Waals surface area (Å²) in [5.41, 5.74) is 4.76. The van der Waals surface area contributed by atoms with E-state index in [4.69, 9.17) is 9.82 Å². The highest BCUT2D eigenvalue weighted by Gasteiger charge is 2.23. The third kappa shape index (κ3) is 5.63. The van der Waals surface area contributed by atoms with Gasteiger partial charge in [-0.3, -0.25) is 4.79 Å². The third-order valence-electron chi connectivity index (χ3n) is 7.21. The number of hydrogen-bond donors (Lipinski definition) is 3. The number of hydrogen-bond acceptors (Lipinski definition) is 8. The fraction of sp³-hybridized carbons (Fsp3) is 0.379. The number of benzene rings is 1. The summed E-state index contributed by atoms with van der Waals surface area (Å²) in [4.78, 5) is 32.0. The van der Waals surface area contributed by atoms with Crippen molar-refractivity contribution >= 4 is 22.7 Å². The minimum atomic E-state index is -1.14. The van der Waals surface area contributed by atoms with Crippen LogP contribution in [0.3, 0.4) is 0 Å². The fourth-order valence-electron chi connectivity index (χ4n) is 5.17. The van der Waals surface area contributed by atoms with Crippen molar-refractivity contribution in [3.63, 3.8) is 0 Å². The van der Waals surface area contributed by atoms with Gasteiger partial charge >= 0.3 is 0 Å². The summed E-state index contributed by atoms with van der Waals surface area (Å²) >= 11 is 0. The maximum absolute atomic E-state index is 13.2. The number of aliphatic hydroxyl groups is 1. The number of nitrogens with zero attached hydrogens (tertiary/aromatic N) is 5. The van der Waals surface area contributed by atoms with Crippen LogP contribution in [0.4, 0.5) is 11.6 Å². The molecule has 3 N–H and O–H groups in total. The van der Waals surface area contributed by atoms with Crippen molar-refractivity contribution in [2.24, 2.45) is 0 Å². The Morgan fingerprint density at radius 1 is 1.13 bits per heavy atom. The van der Waals surface area contributed by atoms with Crippen LogP contribution in [-0.4, -0.2) is 42.6 Å². The van der Waals surface area contributed by atoms with Gasteiger partial charge in [0.1, 0.15) is 11.0 Å². The number of fused-ring (bicyclic) bond motifs is 1. The lowest BCUT2D eigenvalue weighted by atomic mass is 9.82. The molecule has 204 valence electrons. The van der Waals surface area contributed by atoms with Gasteiger partial charge in [0, 0.05) is 17.9 Å². The van der Waals surface area contributed by atoms with Crippen molar-refractivity contribution in [2.75, 3.05) is 12.4 Å². The van der Waals surface area contributed by atoms with E-state index in [1.165, 1.54) is 16.4 Å². The van der Waals surface area contributed by atoms with Crippen molar-refractivity contribution in [3.8, 4) is 5.82 Å². The minimum Gasteiger partial charge on any atom is -0.384 e. The van der Waals surface area contributed by atoms with Gasteiger partial charge in [-0.25, -0.2) is 19.3 Å². The van der Waals surface area contributed by atoms with Gasteiger partial charge in [0.2, 0.25) is 5.95 Å². The van der Waals surface area contributed by atoms with E-state index in [9.17, 15) is 9.90 Å². The average Bonchev–Trinajstić information content (AvgIpc) is 3.20. The van der Waals surface area contributed by atoms with Crippen LogP contribution in [-0.2, 0) is 17.0 Å². The second kappa shape index (κ2) is 11.1. The van der Waals surface area contributed by atoms with Gasteiger partial charge in [-0.05, 0) is 75.3 Å². The molecule has 3 aromatic heterocycles. The molecular formula is C29H35N7O3. The summed E-state index contributed by atoms with van der Waals surface area (Å²) in [5.74, 6) is 1.37. The molecule has 3 heterocycles. The van der Waals surface area contributed by atoms with Crippen molar-refractivity contribution in [2.45, 2.75) is 63.6 Å². The van der Waals surface area contributed by atoms with E-state index in [-0.39, 0.29) is 12.1 Å². The highest BCUT2D eigenvalue weighted by atomic mass is 16.6. The molecule has 10 heteroatoms. The number of aromatic nitrogens is 5. The molecule has 0 amide bonds. The Morgan fingerprint density at radius 2 is 1.87 bits per heavy atom. The Morgan fingerprint density at radius 3 is 2.54 bits per heavy atom. The summed E-state index contributed by atoms with van der Waals surface area (Å²) in [6.45, 7) is 7.39. The van der Waals surface area contributed by atoms with Crippen molar-refractivity contribution in [1.82, 2.24) is 29.8 Å². The van der Waals surface area contributed by atoms with E-state index >= 15 is 0 Å². The smallest absolute Gasteiger partial charge is 0.278 e. The average molecular weight is 530 g/mol. The number of allylic oxidation sites excluding steroid dienone is 1. The fourth-order valence-corrected chi connectivity index (χ4v) is 5.17. The predicted octanol–water partition coefficient (Wildman–Crippen LogP) is 4.31. The maximum Gasteiger partial charge on any atom is 0.278 e. The first-order chi connectivity index (χ1) is 18.8. The summed E-state index contributed by atoms with van der Waals surface area (Å²) in [6.07, 6.45) is 7.60. The van der Waals surface area contributed by atoms with Crippen LogP contribution >= 0.6 is 0 Å². The Kier molecular flexibility index (Phi) is 7.60. The van der Waals surface area contributed by atoms with Gasteiger partial charge in [-0.2, -0.15) is 10.5 Å². The summed E-state index contributed by atoms with van der Waals surface area (Å²) < 4.78 is 3.16. The Bertz CT molecular complexity index is 1510. The first-order valence-corrected chi connectivity index (χ1v) is 13.2. The molecule has 1 saturated carbocycles. The quantitative estimate of drug-likeness (QED) is 0.217. The van der Waals surface area contributed by atoms with Gasteiger partial charge in [0.25, 0.3) is 5.56 Å². The lowest BCUT2D eigenvalue weighted by Gasteiger charge is -2.28. The summed E-state index contributed by atoms with van der Waals surface area (Å²) in [7, 11) is 1.67. The molecule has 39 heavy (non-hydrogen) atoms. The monoisotopic (exact) mass is 529 g/mol. The Hall–Kier alpha value is -3.86. The number of nitrogens with one attached hydrogen (secondary N) is 2. The normalized spacial score (nSPS) is 17.8. The zero-order chi connectivity index (χ0) is 27.6. The number of rotatable bonds is 9. The molecule has 4 aromatic rings. The zero-order valence-electron chi connectivity index (χ0n) is 22.6. The van der Waals surface area contributed by atoms with Crippen LogP contribution in [0.5, 0.6) is 0 Å². The predicted molar refractivity (Wildman–Crippen MR) is 151 cm³/mol. The SMILES string of the molecule is C=CCn1c(=O)c2cnc(Nc3ccc(C4CCC(NOC)CC4)cc3)nc2n1-c1cccc(C(C)(C)O)n1. The van der Waals surface area contributed by atoms with Crippen LogP contribution in [0.15, 0.2) is 66.1 Å². The topological polar surface area (TPSA) is 119 Å². The molecule has 0 unspecified atom stereocenters. The van der Waals surface area contributed by atoms with Crippen molar-refractivity contribution in [1.29, 1.82) is 0 Å². The Balaban J connectivity index is 1.44. The maximum atomic E-state index is 13.2. The first-order valence-electron chi connectivity index (χ1n) is 13.2. The molecule has 1 aliphatic rings. The summed E-state index contributed by atoms with van der Waals surface area (Å²) in [5, 5.41) is 14.1. The van der Waals surface area contributed by atoms with E-state index in [0.29, 0.717) is 40.5 Å². The second-order valence-corrected chi connectivity index (χ2v) is 10.5. The van der Waals surface area contributed by atoms with E-state index in [1.807, 2.05) is 12.1 Å². The molecule has 0 radical (unpaired) electrons. The largest absolute Gasteiger partial charge is 0.384 e. The second-order valence-electron chi connectivity index (χ2n) is 10.5. The van der Waals surface area contributed by atoms with Crippen molar-refractivity contribution < 1.29 is 9.94 Å². The van der Waals surface area contributed by atoms with E-state index in [0.717, 1.165) is 31.4 Å². The number of anilines is 2. The standard InChI is InChI=1S/C29H35N7O3/c1-5-17-35-27(37)23-18-30-28(33-26(23)36(35)25-8-6-7-24(32-25)29(2,3)38)31-21-13-9-19(10-14-21)20-11-15-22(16-12-20)34-39-4/h5-10,13-14,18,20,22,34,38H,1,11-12,15-17H2,2-4H3,(H,30,31,33). The van der Waals surface area contributed by atoms with Crippen LogP contribution in [0.1, 0.15) is 56.7 Å². The van der Waals surface area contributed by atoms with Crippen LogP contribution in [0.25, 0.3) is 16.9 Å². The molecule has 5 rings (SSSR count). The zero-order valence-corrected chi connectivity index (χ0v) is 22.6. The van der Waals surface area contributed by atoms with Crippen LogP contribution < -0.4 is 16.4 Å². The minimum absolute atomic E-state index is 0.244. The molecule has 1 fully saturated rings. The molecule has 0 atom stereocenters. The summed E-state index contributed by atoms with van der Waals surface area (Å²) in [6, 6.07) is 14.1. The van der Waals surface area contributed by atoms with Gasteiger partial charge in [-0.15, -0.1) is 6.58 Å². The van der Waals surface area contributed by atoms with Gasteiger partial charge in [0.05, 0.1) is 19.3 Å². The van der Waals surface area contributed by atoms with Crippen LogP contribution in [0, 0.1) is 0 Å². The highest BCUT2D eigenvalue weighted by molar-refractivity contribution is 5.77. The van der Waals surface area contributed by atoms with Crippen molar-refractivity contribution in [3.05, 3.63) is 82.9 Å². The van der Waals surface area contributed by atoms with E-state index < -0.39 is 5.60 Å². The van der Waals surface area contributed by atoms with Crippen LogP contribution in [0.2, 0.25) is 0 Å². The molecule has 1 aliphatic carbocycles. The number of hydroxylamine groups is 1. The van der Waals surface area contributed by atoms with E-state index in [1.54, 1.807) is 49.9 Å². The Labute approximate surface area is 227 Å². The lowest BCUT2D eigenvalue weighted by molar-refractivity contribution is 0.0470. The molecule has 0 spiro atoms. The molecule has 0 aliphatic heterocycles. The van der Waals surface area contributed by atoms with Gasteiger partial charge in [0.15, 0.2) is 11.5 Å². The van der Waals surface area contributed by atoms with Gasteiger partial charge in [-0.1, -0.05) is 24.3 Å². The van der Waals surface area contributed by atoms with E-state index in [2.05, 4.69) is 39.5 Å². The van der Waals surface area contributed by atoms with Gasteiger partial charge < -0.3 is 15.3 Å². The molecule has 0 saturated heterocycles. The first kappa shape index (κ1) is 26.7. The number of pyridine rings is 1. The highest BCUT2D eigenvalue weighted by Crippen LogP contribution is 2.33. The molecular weight excluding hydrogens is 494 g/mol. The third-order valence-corrected chi connectivity index (χ3v) is 7.21. The molecule has 1 aromatic carbocycles.